The Kier molecular flexibility index (Phi) is 10.3. The smallest absolute Gasteiger partial charge is 0.352 e. The van der Waals surface area contributed by atoms with Crippen molar-refractivity contribution in [2.24, 2.45) is 5.16 Å². The van der Waals surface area contributed by atoms with Gasteiger partial charge in [-0.25, -0.2) is 14.3 Å². The number of amides is 2. The number of aryl methyl sites for hydroxylation is 1. The van der Waals surface area contributed by atoms with Crippen molar-refractivity contribution in [2.75, 3.05) is 43.5 Å². The molecule has 2 saturated heterocycles. The summed E-state index contributed by atoms with van der Waals surface area (Å²) in [4.78, 5) is 61.4. The van der Waals surface area contributed by atoms with E-state index in [1.807, 2.05) is 0 Å². The predicted octanol–water partition coefficient (Wildman–Crippen LogP) is -0.681. The fourth-order valence-corrected chi connectivity index (χ4v) is 7.71. The van der Waals surface area contributed by atoms with Gasteiger partial charge in [0.2, 0.25) is 23.3 Å². The second-order valence-corrected chi connectivity index (χ2v) is 12.7. The van der Waals surface area contributed by atoms with Crippen molar-refractivity contribution < 1.29 is 34.2 Å². The van der Waals surface area contributed by atoms with Crippen LogP contribution < -0.4 is 11.1 Å². The third-order valence-corrected chi connectivity index (χ3v) is 9.84. The zero-order chi connectivity index (χ0) is 31.2. The molecule has 0 aromatic carbocycles. The second-order valence-electron chi connectivity index (χ2n) is 9.91. The lowest BCUT2D eigenvalue weighted by atomic mass is 10.0. The van der Waals surface area contributed by atoms with Crippen molar-refractivity contribution in [3.8, 4) is 0 Å². The van der Waals surface area contributed by atoms with Crippen LogP contribution in [0.5, 0.6) is 0 Å². The molecule has 18 nitrogen and oxygen atoms in total. The van der Waals surface area contributed by atoms with Gasteiger partial charge < -0.3 is 31.0 Å². The molecular weight excluding hydrogens is 639 g/mol. The molecular formula is C23H29N11O7S3. The fraction of sp³-hybridized carbons (Fsp3) is 0.565. The van der Waals surface area contributed by atoms with Gasteiger partial charge in [-0.2, -0.15) is 9.36 Å². The number of nitrogens with zero attached hydrogens (tertiary/aromatic N) is 9. The van der Waals surface area contributed by atoms with Crippen LogP contribution in [0.3, 0.4) is 0 Å². The number of aliphatic carboxylic acids is 2. The number of oxime groups is 1. The van der Waals surface area contributed by atoms with Crippen LogP contribution in [0.25, 0.3) is 0 Å². The highest BCUT2D eigenvalue weighted by atomic mass is 32.2. The van der Waals surface area contributed by atoms with E-state index in [9.17, 15) is 24.3 Å². The van der Waals surface area contributed by atoms with E-state index >= 15 is 0 Å². The zero-order valence-corrected chi connectivity index (χ0v) is 25.6. The van der Waals surface area contributed by atoms with Crippen molar-refractivity contribution in [3.63, 3.8) is 0 Å². The summed E-state index contributed by atoms with van der Waals surface area (Å²) >= 11 is 3.37. The molecule has 5 heterocycles. The number of aromatic nitrogens is 6. The van der Waals surface area contributed by atoms with Gasteiger partial charge in [0.1, 0.15) is 17.1 Å². The Bertz CT molecular complexity index is 1470. The van der Waals surface area contributed by atoms with Crippen LogP contribution in [0.4, 0.5) is 5.13 Å². The molecule has 0 aliphatic carbocycles. The number of hydrogen-bond donors (Lipinski definition) is 4. The lowest BCUT2D eigenvalue weighted by Crippen LogP contribution is -2.71. The summed E-state index contributed by atoms with van der Waals surface area (Å²) in [5.41, 5.74) is 5.49. The number of nitrogen functional groups attached to an aromatic ring is 1. The minimum Gasteiger partial charge on any atom is -0.479 e. The number of carboxylic acid groups (broad SMARTS) is 2. The SMILES string of the molecule is Nc1nc(C(=NOCC(=O)O)C(=O)NC2C(=O)N3C(C(=O)O)=C(CSc4nnnn4CCCN4CCCCC4)CS[C@@H]23)ns1. The first-order valence-electron chi connectivity index (χ1n) is 13.6. The van der Waals surface area contributed by atoms with E-state index in [0.29, 0.717) is 23.0 Å². The summed E-state index contributed by atoms with van der Waals surface area (Å²) in [6.45, 7) is 2.98. The number of nitrogens with one attached hydrogen (secondary N) is 1. The molecule has 0 spiro atoms. The summed E-state index contributed by atoms with van der Waals surface area (Å²) in [6.07, 6.45) is 4.60. The van der Waals surface area contributed by atoms with Crippen LogP contribution in [-0.4, -0.2) is 128 Å². The standard InChI is InChI=1S/C23H29N11O7S3/c24-22-26-17(29-44-22)14(28-41-9-13(35)36)18(37)25-15-19(38)34-16(21(39)40)12(10-42-20(15)34)11-43-23-27-30-31-33(23)8-4-7-32-5-2-1-3-6-32/h15,20H,1-11H2,(H,25,37)(H,35,36)(H,39,40)(H2,24,26,29)/t15?,20-/m0/s1. The van der Waals surface area contributed by atoms with Gasteiger partial charge in [-0.15, -0.1) is 16.9 Å². The average molecular weight is 668 g/mol. The first-order chi connectivity index (χ1) is 21.2. The molecule has 2 atom stereocenters. The molecule has 0 bridgehead atoms. The first kappa shape index (κ1) is 31.6. The van der Waals surface area contributed by atoms with Crippen LogP contribution in [0.2, 0.25) is 0 Å². The monoisotopic (exact) mass is 667 g/mol. The molecule has 0 radical (unpaired) electrons. The molecule has 44 heavy (non-hydrogen) atoms. The number of thioether (sulfide) groups is 2. The van der Waals surface area contributed by atoms with Gasteiger partial charge in [0.15, 0.2) is 5.13 Å². The number of anilines is 1. The van der Waals surface area contributed by atoms with E-state index in [-0.39, 0.29) is 22.4 Å². The zero-order valence-electron chi connectivity index (χ0n) is 23.2. The molecule has 2 aromatic heterocycles. The highest BCUT2D eigenvalue weighted by Gasteiger charge is 2.54. The number of β-lactam (4-membered cyclic amide) rings is 1. The molecule has 1 unspecified atom stereocenters. The summed E-state index contributed by atoms with van der Waals surface area (Å²) in [6, 6.07) is -1.08. The van der Waals surface area contributed by atoms with Crippen LogP contribution in [-0.2, 0) is 30.6 Å². The Labute approximate surface area is 262 Å². The normalized spacial score (nSPS) is 20.7. The molecule has 236 valence electrons. The van der Waals surface area contributed by atoms with Gasteiger partial charge in [-0.05, 0) is 54.9 Å². The van der Waals surface area contributed by atoms with Crippen molar-refractivity contribution in [3.05, 3.63) is 17.1 Å². The number of nitrogens with two attached hydrogens (primary N) is 1. The number of piperidine rings is 1. The van der Waals surface area contributed by atoms with Crippen LogP contribution in [0.15, 0.2) is 21.6 Å². The topological polar surface area (TPSA) is 244 Å². The summed E-state index contributed by atoms with van der Waals surface area (Å²) in [7, 11) is 0. The van der Waals surface area contributed by atoms with Gasteiger partial charge in [0.05, 0.1) is 0 Å². The number of tetrazole rings is 1. The van der Waals surface area contributed by atoms with E-state index in [1.54, 1.807) is 4.68 Å². The molecule has 0 saturated carbocycles. The van der Waals surface area contributed by atoms with E-state index in [1.165, 1.54) is 42.8 Å². The average Bonchev–Trinajstić information content (AvgIpc) is 3.65. The van der Waals surface area contributed by atoms with Crippen molar-refractivity contribution >= 4 is 69.7 Å². The summed E-state index contributed by atoms with van der Waals surface area (Å²) in [5, 5.41) is 36.7. The molecule has 5 rings (SSSR count). The van der Waals surface area contributed by atoms with Crippen LogP contribution in [0.1, 0.15) is 31.5 Å². The Morgan fingerprint density at radius 2 is 1.98 bits per heavy atom. The summed E-state index contributed by atoms with van der Waals surface area (Å²) in [5.74, 6) is -3.81. The Balaban J connectivity index is 1.22. The number of fused-ring (bicyclic) bond motifs is 1. The van der Waals surface area contributed by atoms with E-state index in [0.717, 1.165) is 42.5 Å². The minimum absolute atomic E-state index is 0.0283. The van der Waals surface area contributed by atoms with Crippen LogP contribution in [0, 0.1) is 0 Å². The summed E-state index contributed by atoms with van der Waals surface area (Å²) < 4.78 is 5.61. The quantitative estimate of drug-likeness (QED) is 0.0843. The molecule has 3 aliphatic heterocycles. The van der Waals surface area contributed by atoms with Gasteiger partial charge in [0.25, 0.3) is 11.8 Å². The van der Waals surface area contributed by atoms with E-state index in [4.69, 9.17) is 15.7 Å². The lowest BCUT2D eigenvalue weighted by molar-refractivity contribution is -0.150. The van der Waals surface area contributed by atoms with Gasteiger partial charge >= 0.3 is 11.9 Å². The van der Waals surface area contributed by atoms with Crippen LogP contribution >= 0.6 is 35.1 Å². The van der Waals surface area contributed by atoms with Gasteiger partial charge in [0, 0.05) is 29.6 Å². The maximum atomic E-state index is 13.1. The third kappa shape index (κ3) is 7.27. The number of carbonyl (C=O) groups is 4. The highest BCUT2D eigenvalue weighted by Crippen LogP contribution is 2.41. The van der Waals surface area contributed by atoms with E-state index in [2.05, 4.69) is 40.3 Å². The minimum atomic E-state index is -1.33. The maximum Gasteiger partial charge on any atom is 0.352 e. The molecule has 2 amide bonds. The molecule has 3 aliphatic rings. The molecule has 2 fully saturated rings. The molecule has 21 heteroatoms. The van der Waals surface area contributed by atoms with Gasteiger partial charge in [-0.1, -0.05) is 23.3 Å². The van der Waals surface area contributed by atoms with Crippen molar-refractivity contribution in [1.82, 2.24) is 44.7 Å². The highest BCUT2D eigenvalue weighted by molar-refractivity contribution is 8.01. The van der Waals surface area contributed by atoms with Crippen molar-refractivity contribution in [1.29, 1.82) is 0 Å². The Hall–Kier alpha value is -3.82. The number of carbonyl (C=O) groups excluding carboxylic acids is 2. The Morgan fingerprint density at radius 1 is 1.18 bits per heavy atom. The second kappa shape index (κ2) is 14.3. The van der Waals surface area contributed by atoms with Gasteiger partial charge in [-0.3, -0.25) is 14.5 Å². The first-order valence-corrected chi connectivity index (χ1v) is 16.4. The number of hydrogen-bond acceptors (Lipinski definition) is 16. The third-order valence-electron chi connectivity index (χ3n) is 6.92. The molecule has 2 aromatic rings. The molecule has 5 N–H and O–H groups in total. The Morgan fingerprint density at radius 3 is 2.68 bits per heavy atom. The number of carboxylic acids is 2. The van der Waals surface area contributed by atoms with E-state index < -0.39 is 47.5 Å². The fourth-order valence-electron chi connectivity index (χ4n) is 4.89. The number of likely N-dealkylation sites (tertiary alicyclic amines) is 1. The maximum absolute atomic E-state index is 13.1. The van der Waals surface area contributed by atoms with Crippen molar-refractivity contribution in [2.45, 2.75) is 48.8 Å². The number of rotatable bonds is 14. The largest absolute Gasteiger partial charge is 0.479 e. The lowest BCUT2D eigenvalue weighted by Gasteiger charge is -2.49. The predicted molar refractivity (Wildman–Crippen MR) is 158 cm³/mol.